The molecule has 0 bridgehead atoms. The largest absolute Gasteiger partial charge is 0.454 e. The smallest absolute Gasteiger partial charge is 0.413 e. The lowest BCUT2D eigenvalue weighted by Gasteiger charge is -2.24. The molecule has 9 heteroatoms. The van der Waals surface area contributed by atoms with E-state index in [4.69, 9.17) is 19.9 Å². The fourth-order valence-corrected chi connectivity index (χ4v) is 4.97. The van der Waals surface area contributed by atoms with Crippen LogP contribution in [-0.4, -0.2) is 30.8 Å². The first-order chi connectivity index (χ1) is 18.7. The number of Topliss-reactive ketones (excluding diaryl/α,β-unsaturated/α-hetero) is 1. The zero-order valence-electron chi connectivity index (χ0n) is 20.9. The van der Waals surface area contributed by atoms with Crippen molar-refractivity contribution in [2.24, 2.45) is 11.7 Å². The Bertz CT molecular complexity index is 1400. The second-order valence-corrected chi connectivity index (χ2v) is 9.65. The van der Waals surface area contributed by atoms with Crippen LogP contribution in [0.15, 0.2) is 77.4 Å². The maximum absolute atomic E-state index is 12.9. The van der Waals surface area contributed by atoms with E-state index in [1.807, 2.05) is 30.3 Å². The Hall–Kier alpha value is -4.11. The Balaban J connectivity index is 1.17. The second-order valence-electron chi connectivity index (χ2n) is 9.65. The van der Waals surface area contributed by atoms with Crippen LogP contribution in [0.3, 0.4) is 0 Å². The van der Waals surface area contributed by atoms with Gasteiger partial charge in [0.15, 0.2) is 17.3 Å². The zero-order chi connectivity index (χ0) is 27.6. The molecule has 5 rings (SSSR count). The minimum atomic E-state index is -4.51. The van der Waals surface area contributed by atoms with E-state index >= 15 is 0 Å². The molecule has 1 saturated carbocycles. The highest BCUT2D eigenvalue weighted by atomic mass is 19.4. The van der Waals surface area contributed by atoms with Gasteiger partial charge in [-0.05, 0) is 55.0 Å². The summed E-state index contributed by atoms with van der Waals surface area (Å²) in [5, 5.41) is 0. The number of ether oxygens (including phenoxy) is 3. The molecule has 0 saturated heterocycles. The number of halogens is 3. The topological polar surface area (TPSA) is 87.9 Å². The Morgan fingerprint density at radius 1 is 1.10 bits per heavy atom. The summed E-state index contributed by atoms with van der Waals surface area (Å²) in [5.74, 6) is 0.483. The van der Waals surface area contributed by atoms with E-state index in [0.29, 0.717) is 29.2 Å². The van der Waals surface area contributed by atoms with Gasteiger partial charge in [0.1, 0.15) is 5.75 Å². The number of nitrogens with two attached hydrogens (primary N) is 1. The van der Waals surface area contributed by atoms with Gasteiger partial charge in [-0.1, -0.05) is 48.1 Å². The van der Waals surface area contributed by atoms with Crippen molar-refractivity contribution in [3.63, 3.8) is 0 Å². The van der Waals surface area contributed by atoms with Gasteiger partial charge in [-0.25, -0.2) is 4.79 Å². The molecule has 2 aliphatic carbocycles. The Morgan fingerprint density at radius 3 is 2.64 bits per heavy atom. The third-order valence-electron chi connectivity index (χ3n) is 7.02. The van der Waals surface area contributed by atoms with E-state index in [1.54, 1.807) is 24.3 Å². The summed E-state index contributed by atoms with van der Waals surface area (Å²) in [6, 6.07) is 11.9. The number of ketones is 1. The van der Waals surface area contributed by atoms with Crippen LogP contribution in [0.4, 0.5) is 13.2 Å². The van der Waals surface area contributed by atoms with Gasteiger partial charge >= 0.3 is 12.1 Å². The van der Waals surface area contributed by atoms with Crippen LogP contribution in [0.25, 0.3) is 12.2 Å². The lowest BCUT2D eigenvalue weighted by molar-refractivity contribution is -0.128. The molecule has 2 N–H and O–H groups in total. The number of fused-ring (bicyclic) bond motifs is 1. The first-order valence-corrected chi connectivity index (χ1v) is 12.5. The Kier molecular flexibility index (Phi) is 7.43. The summed E-state index contributed by atoms with van der Waals surface area (Å²) in [5.41, 5.74) is 8.49. The molecule has 2 aromatic rings. The van der Waals surface area contributed by atoms with E-state index in [9.17, 15) is 22.8 Å². The Labute approximate surface area is 223 Å². The van der Waals surface area contributed by atoms with Gasteiger partial charge in [0.05, 0.1) is 0 Å². The summed E-state index contributed by atoms with van der Waals surface area (Å²) in [7, 11) is 0. The number of hydrogen-bond acceptors (Lipinski definition) is 6. The molecule has 2 atom stereocenters. The summed E-state index contributed by atoms with van der Waals surface area (Å²) < 4.78 is 54.8. The number of esters is 1. The molecule has 39 heavy (non-hydrogen) atoms. The van der Waals surface area contributed by atoms with E-state index in [-0.39, 0.29) is 18.3 Å². The number of rotatable bonds is 6. The van der Waals surface area contributed by atoms with Crippen LogP contribution in [0.1, 0.15) is 36.8 Å². The molecule has 6 nitrogen and oxygen atoms in total. The first-order valence-electron chi connectivity index (χ1n) is 12.5. The predicted octanol–water partition coefficient (Wildman–Crippen LogP) is 5.93. The standard InChI is InChI=1S/C30H26F3NO5/c31-30(32,33)22-9-12-24(25(35)16-22)28(34)21-7-4-19(15-21)14-18-5-10-23(11-6-18)39-27(36)13-8-20-2-1-3-26-29(20)38-17-37-26/h1-3,5-6,8-14,21,28H,4,7,15-17,34H2/b13-8+,19-14+. The van der Waals surface area contributed by atoms with Gasteiger partial charge in [-0.2, -0.15) is 13.2 Å². The molecular formula is C30H26F3NO5. The van der Waals surface area contributed by atoms with Crippen molar-refractivity contribution in [3.05, 3.63) is 88.5 Å². The Morgan fingerprint density at radius 2 is 1.90 bits per heavy atom. The second kappa shape index (κ2) is 10.9. The van der Waals surface area contributed by atoms with Gasteiger partial charge in [-0.15, -0.1) is 0 Å². The summed E-state index contributed by atoms with van der Waals surface area (Å²) in [6.07, 6.45) is 4.15. The molecule has 1 aliphatic heterocycles. The van der Waals surface area contributed by atoms with Gasteiger partial charge < -0.3 is 19.9 Å². The van der Waals surface area contributed by atoms with Crippen molar-refractivity contribution in [1.82, 2.24) is 0 Å². The van der Waals surface area contributed by atoms with E-state index in [1.165, 1.54) is 12.2 Å². The fourth-order valence-electron chi connectivity index (χ4n) is 4.97. The van der Waals surface area contributed by atoms with Crippen molar-refractivity contribution in [2.45, 2.75) is 37.9 Å². The van der Waals surface area contributed by atoms with Crippen LogP contribution in [-0.2, 0) is 9.59 Å². The van der Waals surface area contributed by atoms with Crippen LogP contribution in [0.2, 0.25) is 0 Å². The van der Waals surface area contributed by atoms with E-state index in [0.717, 1.165) is 30.1 Å². The monoisotopic (exact) mass is 537 g/mol. The SMILES string of the molecule is NC(C1=CC=C(C(F)(F)F)CC1=O)C1CC/C(=C\c2ccc(OC(=O)/C=C/c3cccc4c3OCO4)cc2)C1. The molecule has 0 aromatic heterocycles. The number of benzene rings is 2. The minimum Gasteiger partial charge on any atom is -0.454 e. The normalized spacial score (nSPS) is 20.8. The number of hydrogen-bond donors (Lipinski definition) is 1. The van der Waals surface area contributed by atoms with Crippen LogP contribution in [0, 0.1) is 5.92 Å². The molecule has 3 aliphatic rings. The minimum absolute atomic E-state index is 0.0258. The summed E-state index contributed by atoms with van der Waals surface area (Å²) in [6.45, 7) is 0.141. The fraction of sp³-hybridized carbons (Fsp3) is 0.267. The van der Waals surface area contributed by atoms with Crippen molar-refractivity contribution in [3.8, 4) is 17.2 Å². The number of allylic oxidation sites excluding steroid dienone is 4. The molecule has 1 fully saturated rings. The van der Waals surface area contributed by atoms with Crippen LogP contribution < -0.4 is 19.9 Å². The molecule has 202 valence electrons. The summed E-state index contributed by atoms with van der Waals surface area (Å²) in [4.78, 5) is 24.6. The molecule has 1 heterocycles. The number of carbonyl (C=O) groups excluding carboxylic acids is 2. The molecule has 2 aromatic carbocycles. The highest BCUT2D eigenvalue weighted by molar-refractivity contribution is 5.99. The maximum Gasteiger partial charge on any atom is 0.413 e. The quantitative estimate of drug-likeness (QED) is 0.279. The molecule has 0 amide bonds. The first kappa shape index (κ1) is 26.5. The summed E-state index contributed by atoms with van der Waals surface area (Å²) >= 11 is 0. The van der Waals surface area contributed by atoms with Gasteiger partial charge in [0, 0.05) is 35.2 Å². The zero-order valence-corrected chi connectivity index (χ0v) is 20.9. The van der Waals surface area contributed by atoms with Crippen molar-refractivity contribution < 1.29 is 37.0 Å². The number of alkyl halides is 3. The van der Waals surface area contributed by atoms with E-state index in [2.05, 4.69) is 0 Å². The van der Waals surface area contributed by atoms with Gasteiger partial charge in [-0.3, -0.25) is 4.79 Å². The lowest BCUT2D eigenvalue weighted by atomic mass is 9.85. The average molecular weight is 538 g/mol. The van der Waals surface area contributed by atoms with Crippen molar-refractivity contribution >= 4 is 23.9 Å². The predicted molar refractivity (Wildman–Crippen MR) is 139 cm³/mol. The maximum atomic E-state index is 12.9. The van der Waals surface area contributed by atoms with Gasteiger partial charge in [0.25, 0.3) is 0 Å². The van der Waals surface area contributed by atoms with Gasteiger partial charge in [0.2, 0.25) is 6.79 Å². The molecule has 0 spiro atoms. The molecular weight excluding hydrogens is 511 g/mol. The third kappa shape index (κ3) is 6.15. The van der Waals surface area contributed by atoms with Crippen LogP contribution >= 0.6 is 0 Å². The highest BCUT2D eigenvalue weighted by Crippen LogP contribution is 2.38. The molecule has 0 radical (unpaired) electrons. The molecule has 2 unspecified atom stereocenters. The number of para-hydroxylation sites is 1. The average Bonchev–Trinajstić information content (AvgIpc) is 3.58. The highest BCUT2D eigenvalue weighted by Gasteiger charge is 2.38. The third-order valence-corrected chi connectivity index (χ3v) is 7.02. The lowest BCUT2D eigenvalue weighted by Crippen LogP contribution is -2.35. The van der Waals surface area contributed by atoms with Crippen LogP contribution in [0.5, 0.6) is 17.2 Å². The van der Waals surface area contributed by atoms with Crippen molar-refractivity contribution in [1.29, 1.82) is 0 Å². The number of carbonyl (C=O) groups is 2. The van der Waals surface area contributed by atoms with E-state index < -0.39 is 36.0 Å². The van der Waals surface area contributed by atoms with Crippen molar-refractivity contribution in [2.75, 3.05) is 6.79 Å².